The minimum Gasteiger partial charge on any atom is -0.480 e. The van der Waals surface area contributed by atoms with Crippen LogP contribution < -0.4 is 10.6 Å². The molecule has 0 radical (unpaired) electrons. The lowest BCUT2D eigenvalue weighted by atomic mass is 10.1. The largest absolute Gasteiger partial charge is 0.480 e. The molecule has 120 valence electrons. The van der Waals surface area contributed by atoms with Gasteiger partial charge < -0.3 is 15.7 Å². The fourth-order valence-corrected chi connectivity index (χ4v) is 2.16. The highest BCUT2D eigenvalue weighted by Crippen LogP contribution is 2.08. The molecule has 0 aliphatic carbocycles. The van der Waals surface area contributed by atoms with E-state index < -0.39 is 17.9 Å². The summed E-state index contributed by atoms with van der Waals surface area (Å²) in [5.74, 6) is -1.95. The van der Waals surface area contributed by atoms with Gasteiger partial charge in [-0.25, -0.2) is 4.79 Å². The number of carboxylic acid groups (broad SMARTS) is 1. The number of carbonyl (C=O) groups is 3. The van der Waals surface area contributed by atoms with Crippen LogP contribution in [0.2, 0.25) is 0 Å². The Hall–Kier alpha value is -2.37. The number of nitrogens with one attached hydrogen (secondary N) is 2. The standard InChI is InChI=1S/C16H22N2O4/c1-4-5-13(16(21)22)18-14(19)9-17-15(20)12-7-10(2)6-11(3)8-12/h6-8,13H,4-5,9H2,1-3H3,(H,17,20)(H,18,19)(H,21,22). The van der Waals surface area contributed by atoms with Crippen molar-refractivity contribution in [2.45, 2.75) is 39.7 Å². The van der Waals surface area contributed by atoms with Crippen molar-refractivity contribution in [3.8, 4) is 0 Å². The third kappa shape index (κ3) is 5.55. The van der Waals surface area contributed by atoms with Crippen molar-refractivity contribution in [1.82, 2.24) is 10.6 Å². The summed E-state index contributed by atoms with van der Waals surface area (Å²) in [6, 6.07) is 4.50. The Morgan fingerprint density at radius 1 is 1.14 bits per heavy atom. The average Bonchev–Trinajstić information content (AvgIpc) is 2.43. The molecule has 6 heteroatoms. The van der Waals surface area contributed by atoms with Gasteiger partial charge in [-0.2, -0.15) is 0 Å². The quantitative estimate of drug-likeness (QED) is 0.709. The van der Waals surface area contributed by atoms with Gasteiger partial charge in [0.2, 0.25) is 5.91 Å². The minimum atomic E-state index is -1.07. The number of rotatable bonds is 7. The van der Waals surface area contributed by atoms with Crippen LogP contribution in [0.15, 0.2) is 18.2 Å². The Bertz CT molecular complexity index is 549. The lowest BCUT2D eigenvalue weighted by Crippen LogP contribution is -2.45. The van der Waals surface area contributed by atoms with Crippen LogP contribution in [0.1, 0.15) is 41.3 Å². The number of aliphatic carboxylic acids is 1. The number of aryl methyl sites for hydroxylation is 2. The van der Waals surface area contributed by atoms with E-state index in [1.54, 1.807) is 12.1 Å². The average molecular weight is 306 g/mol. The molecule has 1 aromatic carbocycles. The first-order valence-electron chi connectivity index (χ1n) is 7.22. The van der Waals surface area contributed by atoms with E-state index in [1.807, 2.05) is 26.8 Å². The molecule has 3 N–H and O–H groups in total. The third-order valence-corrected chi connectivity index (χ3v) is 3.10. The molecule has 6 nitrogen and oxygen atoms in total. The number of carboxylic acids is 1. The van der Waals surface area contributed by atoms with Gasteiger partial charge in [-0.3, -0.25) is 9.59 Å². The summed E-state index contributed by atoms with van der Waals surface area (Å²) in [5, 5.41) is 13.9. The molecule has 0 saturated carbocycles. The van der Waals surface area contributed by atoms with Gasteiger partial charge in [0.25, 0.3) is 5.91 Å². The minimum absolute atomic E-state index is 0.251. The van der Waals surface area contributed by atoms with Gasteiger partial charge in [-0.1, -0.05) is 30.5 Å². The summed E-state index contributed by atoms with van der Waals surface area (Å²) < 4.78 is 0. The van der Waals surface area contributed by atoms with Crippen LogP contribution in [-0.4, -0.2) is 35.5 Å². The molecule has 0 saturated heterocycles. The maximum absolute atomic E-state index is 12.0. The van der Waals surface area contributed by atoms with Crippen LogP contribution in [0.25, 0.3) is 0 Å². The highest BCUT2D eigenvalue weighted by atomic mass is 16.4. The molecular formula is C16H22N2O4. The van der Waals surface area contributed by atoms with Crippen molar-refractivity contribution in [3.05, 3.63) is 34.9 Å². The second-order valence-electron chi connectivity index (χ2n) is 5.31. The van der Waals surface area contributed by atoms with Crippen molar-refractivity contribution in [3.63, 3.8) is 0 Å². The van der Waals surface area contributed by atoms with E-state index in [-0.39, 0.29) is 12.5 Å². The first kappa shape index (κ1) is 17.7. The molecule has 1 aromatic rings. The monoisotopic (exact) mass is 306 g/mol. The van der Waals surface area contributed by atoms with E-state index in [1.165, 1.54) is 0 Å². The van der Waals surface area contributed by atoms with Crippen molar-refractivity contribution in [2.75, 3.05) is 6.54 Å². The smallest absolute Gasteiger partial charge is 0.326 e. The Balaban J connectivity index is 2.56. The predicted octanol–water partition coefficient (Wildman–Crippen LogP) is 1.40. The van der Waals surface area contributed by atoms with E-state index in [0.29, 0.717) is 18.4 Å². The maximum Gasteiger partial charge on any atom is 0.326 e. The molecule has 0 spiro atoms. The highest BCUT2D eigenvalue weighted by Gasteiger charge is 2.19. The van der Waals surface area contributed by atoms with Crippen LogP contribution in [0, 0.1) is 13.8 Å². The summed E-state index contributed by atoms with van der Waals surface area (Å²) in [6.45, 7) is 5.36. The number of hydrogen-bond donors (Lipinski definition) is 3. The van der Waals surface area contributed by atoms with Gasteiger partial charge in [0.05, 0.1) is 6.54 Å². The Labute approximate surface area is 129 Å². The lowest BCUT2D eigenvalue weighted by Gasteiger charge is -2.14. The van der Waals surface area contributed by atoms with Gasteiger partial charge in [0, 0.05) is 5.56 Å². The second-order valence-corrected chi connectivity index (χ2v) is 5.31. The summed E-state index contributed by atoms with van der Waals surface area (Å²) >= 11 is 0. The summed E-state index contributed by atoms with van der Waals surface area (Å²) in [5.41, 5.74) is 2.40. The highest BCUT2D eigenvalue weighted by molar-refractivity contribution is 5.97. The topological polar surface area (TPSA) is 95.5 Å². The Morgan fingerprint density at radius 2 is 1.73 bits per heavy atom. The normalized spacial score (nSPS) is 11.6. The molecule has 0 aliphatic heterocycles. The fourth-order valence-electron chi connectivity index (χ4n) is 2.16. The van der Waals surface area contributed by atoms with Crippen molar-refractivity contribution in [2.24, 2.45) is 0 Å². The summed E-state index contributed by atoms with van der Waals surface area (Å²) in [7, 11) is 0. The number of benzene rings is 1. The molecular weight excluding hydrogens is 284 g/mol. The van der Waals surface area contributed by atoms with Gasteiger partial charge in [-0.15, -0.1) is 0 Å². The molecule has 1 unspecified atom stereocenters. The SMILES string of the molecule is CCCC(NC(=O)CNC(=O)c1cc(C)cc(C)c1)C(=O)O. The predicted molar refractivity (Wildman–Crippen MR) is 82.7 cm³/mol. The van der Waals surface area contributed by atoms with Gasteiger partial charge in [-0.05, 0) is 32.4 Å². The number of carbonyl (C=O) groups excluding carboxylic acids is 2. The first-order chi connectivity index (χ1) is 10.3. The van der Waals surface area contributed by atoms with E-state index in [4.69, 9.17) is 5.11 Å². The molecule has 0 bridgehead atoms. The van der Waals surface area contributed by atoms with E-state index in [9.17, 15) is 14.4 Å². The third-order valence-electron chi connectivity index (χ3n) is 3.10. The molecule has 1 rings (SSSR count). The van der Waals surface area contributed by atoms with Crippen molar-refractivity contribution in [1.29, 1.82) is 0 Å². The second kappa shape index (κ2) is 8.17. The van der Waals surface area contributed by atoms with Crippen molar-refractivity contribution >= 4 is 17.8 Å². The van der Waals surface area contributed by atoms with Gasteiger partial charge in [0.15, 0.2) is 0 Å². The van der Waals surface area contributed by atoms with E-state index in [2.05, 4.69) is 10.6 Å². The molecule has 0 aliphatic rings. The number of amides is 2. The molecule has 0 aromatic heterocycles. The fraction of sp³-hybridized carbons (Fsp3) is 0.438. The molecule has 1 atom stereocenters. The van der Waals surface area contributed by atoms with Crippen LogP contribution in [-0.2, 0) is 9.59 Å². The first-order valence-corrected chi connectivity index (χ1v) is 7.22. The molecule has 0 heterocycles. The molecule has 22 heavy (non-hydrogen) atoms. The van der Waals surface area contributed by atoms with E-state index in [0.717, 1.165) is 11.1 Å². The van der Waals surface area contributed by atoms with Crippen molar-refractivity contribution < 1.29 is 19.5 Å². The lowest BCUT2D eigenvalue weighted by molar-refractivity contribution is -0.141. The summed E-state index contributed by atoms with van der Waals surface area (Å²) in [4.78, 5) is 34.7. The zero-order chi connectivity index (χ0) is 16.7. The van der Waals surface area contributed by atoms with Crippen LogP contribution >= 0.6 is 0 Å². The van der Waals surface area contributed by atoms with E-state index >= 15 is 0 Å². The van der Waals surface area contributed by atoms with Gasteiger partial charge >= 0.3 is 5.97 Å². The summed E-state index contributed by atoms with van der Waals surface area (Å²) in [6.07, 6.45) is 0.998. The van der Waals surface area contributed by atoms with Gasteiger partial charge in [0.1, 0.15) is 6.04 Å². The zero-order valence-electron chi connectivity index (χ0n) is 13.1. The Morgan fingerprint density at radius 3 is 2.23 bits per heavy atom. The number of hydrogen-bond acceptors (Lipinski definition) is 3. The molecule has 0 fully saturated rings. The maximum atomic E-state index is 12.0. The van der Waals surface area contributed by atoms with Crippen LogP contribution in [0.4, 0.5) is 0 Å². The van der Waals surface area contributed by atoms with Crippen LogP contribution in [0.5, 0.6) is 0 Å². The Kier molecular flexibility index (Phi) is 6.56. The van der Waals surface area contributed by atoms with Crippen LogP contribution in [0.3, 0.4) is 0 Å². The molecule has 2 amide bonds. The zero-order valence-corrected chi connectivity index (χ0v) is 13.1.